The lowest BCUT2D eigenvalue weighted by Crippen LogP contribution is -2.23. The number of hydrogen-bond acceptors (Lipinski definition) is 2. The van der Waals surface area contributed by atoms with Gasteiger partial charge >= 0.3 is 0 Å². The van der Waals surface area contributed by atoms with E-state index in [0.717, 1.165) is 18.8 Å². The summed E-state index contributed by atoms with van der Waals surface area (Å²) in [6, 6.07) is 2.96. The van der Waals surface area contributed by atoms with Crippen LogP contribution in [0.25, 0.3) is 0 Å². The first kappa shape index (κ1) is 10.7. The molecule has 1 aromatic rings. The Hall–Kier alpha value is -0.830. The van der Waals surface area contributed by atoms with Gasteiger partial charge in [0.25, 0.3) is 0 Å². The minimum absolute atomic E-state index is 0.397. The van der Waals surface area contributed by atoms with Crippen LogP contribution >= 0.6 is 0 Å². The second-order valence-electron chi connectivity index (χ2n) is 4.92. The SMILES string of the molecule is CC(C)n1ccc(CCC(N)C2CC2)n1. The molecule has 2 N–H and O–H groups in total. The van der Waals surface area contributed by atoms with Gasteiger partial charge in [0.05, 0.1) is 5.69 Å². The van der Waals surface area contributed by atoms with Crippen LogP contribution in [0.2, 0.25) is 0 Å². The molecule has 0 aliphatic heterocycles. The first-order chi connectivity index (χ1) is 7.16. The summed E-state index contributed by atoms with van der Waals surface area (Å²) in [5, 5.41) is 4.52. The molecule has 0 aromatic carbocycles. The summed E-state index contributed by atoms with van der Waals surface area (Å²) in [5.41, 5.74) is 7.24. The molecule has 0 spiro atoms. The van der Waals surface area contributed by atoms with E-state index in [-0.39, 0.29) is 0 Å². The summed E-state index contributed by atoms with van der Waals surface area (Å²) in [4.78, 5) is 0. The number of hydrogen-bond donors (Lipinski definition) is 1. The monoisotopic (exact) mass is 207 g/mol. The van der Waals surface area contributed by atoms with Crippen molar-refractivity contribution in [1.29, 1.82) is 0 Å². The predicted molar refractivity (Wildman–Crippen MR) is 61.6 cm³/mol. The summed E-state index contributed by atoms with van der Waals surface area (Å²) in [7, 11) is 0. The fraction of sp³-hybridized carbons (Fsp3) is 0.750. The van der Waals surface area contributed by atoms with Gasteiger partial charge in [0.2, 0.25) is 0 Å². The zero-order chi connectivity index (χ0) is 10.8. The van der Waals surface area contributed by atoms with Crippen molar-refractivity contribution in [3.8, 4) is 0 Å². The van der Waals surface area contributed by atoms with Gasteiger partial charge in [-0.3, -0.25) is 4.68 Å². The van der Waals surface area contributed by atoms with Crippen LogP contribution in [0.1, 0.15) is 44.8 Å². The maximum atomic E-state index is 6.06. The summed E-state index contributed by atoms with van der Waals surface area (Å²) >= 11 is 0. The van der Waals surface area contributed by atoms with Crippen LogP contribution in [0, 0.1) is 5.92 Å². The van der Waals surface area contributed by atoms with E-state index in [0.29, 0.717) is 12.1 Å². The lowest BCUT2D eigenvalue weighted by Gasteiger charge is -2.08. The molecule has 0 radical (unpaired) electrons. The molecule has 1 unspecified atom stereocenters. The molecule has 15 heavy (non-hydrogen) atoms. The van der Waals surface area contributed by atoms with Crippen LogP contribution in [0.3, 0.4) is 0 Å². The first-order valence-corrected chi connectivity index (χ1v) is 5.96. The molecule has 2 rings (SSSR count). The molecule has 1 aliphatic carbocycles. The third-order valence-corrected chi connectivity index (χ3v) is 3.15. The molecule has 1 aliphatic rings. The first-order valence-electron chi connectivity index (χ1n) is 5.96. The van der Waals surface area contributed by atoms with Crippen LogP contribution in [-0.2, 0) is 6.42 Å². The highest BCUT2D eigenvalue weighted by atomic mass is 15.3. The van der Waals surface area contributed by atoms with Crippen molar-refractivity contribution in [2.75, 3.05) is 0 Å². The fourth-order valence-electron chi connectivity index (χ4n) is 1.87. The Morgan fingerprint density at radius 2 is 2.27 bits per heavy atom. The summed E-state index contributed by atoms with van der Waals surface area (Å²) in [6.07, 6.45) is 6.84. The molecule has 0 saturated heterocycles. The fourth-order valence-corrected chi connectivity index (χ4v) is 1.87. The number of aryl methyl sites for hydroxylation is 1. The number of nitrogens with zero attached hydrogens (tertiary/aromatic N) is 2. The minimum atomic E-state index is 0.397. The van der Waals surface area contributed by atoms with E-state index in [4.69, 9.17) is 5.73 Å². The van der Waals surface area contributed by atoms with Gasteiger partial charge in [-0.1, -0.05) is 0 Å². The van der Waals surface area contributed by atoms with Gasteiger partial charge in [-0.15, -0.1) is 0 Å². The van der Waals surface area contributed by atoms with Gasteiger partial charge in [0.15, 0.2) is 0 Å². The van der Waals surface area contributed by atoms with Crippen molar-refractivity contribution in [1.82, 2.24) is 9.78 Å². The lowest BCUT2D eigenvalue weighted by molar-refractivity contribution is 0.513. The van der Waals surface area contributed by atoms with E-state index in [9.17, 15) is 0 Å². The number of aromatic nitrogens is 2. The lowest BCUT2D eigenvalue weighted by atomic mass is 10.1. The van der Waals surface area contributed by atoms with Crippen molar-refractivity contribution < 1.29 is 0 Å². The molecule has 0 amide bonds. The molecular weight excluding hydrogens is 186 g/mol. The van der Waals surface area contributed by atoms with Gasteiger partial charge in [-0.05, 0) is 51.5 Å². The Kier molecular flexibility index (Phi) is 3.10. The number of rotatable bonds is 5. The highest BCUT2D eigenvalue weighted by Crippen LogP contribution is 2.33. The van der Waals surface area contributed by atoms with E-state index < -0.39 is 0 Å². The molecule has 3 heteroatoms. The zero-order valence-electron chi connectivity index (χ0n) is 9.69. The van der Waals surface area contributed by atoms with E-state index in [1.165, 1.54) is 18.5 Å². The summed E-state index contributed by atoms with van der Waals surface area (Å²) in [5.74, 6) is 0.803. The highest BCUT2D eigenvalue weighted by molar-refractivity contribution is 5.01. The van der Waals surface area contributed by atoms with Gasteiger partial charge in [0, 0.05) is 18.3 Å². The second kappa shape index (κ2) is 4.35. The molecule has 3 nitrogen and oxygen atoms in total. The molecule has 1 heterocycles. The average Bonchev–Trinajstić information content (AvgIpc) is 2.93. The van der Waals surface area contributed by atoms with E-state index in [1.807, 2.05) is 4.68 Å². The third-order valence-electron chi connectivity index (χ3n) is 3.15. The summed E-state index contributed by atoms with van der Waals surface area (Å²) in [6.45, 7) is 4.29. The molecule has 1 saturated carbocycles. The van der Waals surface area contributed by atoms with Crippen molar-refractivity contribution >= 4 is 0 Å². The van der Waals surface area contributed by atoms with Crippen LogP contribution < -0.4 is 5.73 Å². The average molecular weight is 207 g/mol. The largest absolute Gasteiger partial charge is 0.327 e. The molecule has 1 aromatic heterocycles. The van der Waals surface area contributed by atoms with Crippen LogP contribution in [0.4, 0.5) is 0 Å². The standard InChI is InChI=1S/C12H21N3/c1-9(2)15-8-7-11(14-15)5-6-12(13)10-3-4-10/h7-10,12H,3-6,13H2,1-2H3. The predicted octanol–water partition coefficient (Wildman–Crippen LogP) is 2.13. The van der Waals surface area contributed by atoms with Crippen molar-refractivity contribution in [2.24, 2.45) is 11.7 Å². The zero-order valence-corrected chi connectivity index (χ0v) is 9.69. The van der Waals surface area contributed by atoms with Gasteiger partial charge in [-0.2, -0.15) is 5.10 Å². The topological polar surface area (TPSA) is 43.8 Å². The van der Waals surface area contributed by atoms with Gasteiger partial charge < -0.3 is 5.73 Å². The van der Waals surface area contributed by atoms with Crippen LogP contribution in [0.15, 0.2) is 12.3 Å². The normalized spacial score (nSPS) is 18.4. The second-order valence-corrected chi connectivity index (χ2v) is 4.92. The maximum absolute atomic E-state index is 6.06. The van der Waals surface area contributed by atoms with E-state index in [1.54, 1.807) is 0 Å². The van der Waals surface area contributed by atoms with Gasteiger partial charge in [0.1, 0.15) is 0 Å². The Morgan fingerprint density at radius 3 is 2.80 bits per heavy atom. The smallest absolute Gasteiger partial charge is 0.0625 e. The number of nitrogens with two attached hydrogens (primary N) is 1. The van der Waals surface area contributed by atoms with Gasteiger partial charge in [-0.25, -0.2) is 0 Å². The molecule has 84 valence electrons. The molecule has 0 bridgehead atoms. The van der Waals surface area contributed by atoms with Crippen molar-refractivity contribution in [2.45, 2.75) is 51.6 Å². The Balaban J connectivity index is 1.82. The molecule has 1 atom stereocenters. The third kappa shape index (κ3) is 2.81. The highest BCUT2D eigenvalue weighted by Gasteiger charge is 2.27. The van der Waals surface area contributed by atoms with E-state index >= 15 is 0 Å². The Labute approximate surface area is 91.7 Å². The van der Waals surface area contributed by atoms with Crippen LogP contribution in [-0.4, -0.2) is 15.8 Å². The van der Waals surface area contributed by atoms with Crippen molar-refractivity contribution in [3.63, 3.8) is 0 Å². The minimum Gasteiger partial charge on any atom is -0.327 e. The van der Waals surface area contributed by atoms with Crippen molar-refractivity contribution in [3.05, 3.63) is 18.0 Å². The Morgan fingerprint density at radius 1 is 1.53 bits per heavy atom. The summed E-state index contributed by atoms with van der Waals surface area (Å²) < 4.78 is 2.01. The Bertz CT molecular complexity index is 312. The van der Waals surface area contributed by atoms with E-state index in [2.05, 4.69) is 31.2 Å². The molecular formula is C12H21N3. The van der Waals surface area contributed by atoms with Crippen LogP contribution in [0.5, 0.6) is 0 Å². The quantitative estimate of drug-likeness (QED) is 0.804. The maximum Gasteiger partial charge on any atom is 0.0625 e. The molecule has 1 fully saturated rings.